The molecule has 0 saturated heterocycles. The molecule has 1 aromatic rings. The number of sulfonamides is 1. The number of unbranched alkanes of at least 4 members (excludes halogenated alkanes) is 1. The number of hydrogen-bond acceptors (Lipinski definition) is 4. The maximum absolute atomic E-state index is 11.8. The smallest absolute Gasteiger partial charge is 0.215 e. The van der Waals surface area contributed by atoms with Gasteiger partial charge in [0.15, 0.2) is 0 Å². The van der Waals surface area contributed by atoms with Gasteiger partial charge >= 0.3 is 0 Å². The molecule has 0 aromatic heterocycles. The summed E-state index contributed by atoms with van der Waals surface area (Å²) in [6, 6.07) is 6.96. The van der Waals surface area contributed by atoms with Crippen molar-refractivity contribution in [2.75, 3.05) is 24.3 Å². The average Bonchev–Trinajstić information content (AvgIpc) is 2.28. The van der Waals surface area contributed by atoms with Crippen LogP contribution in [0.5, 0.6) is 0 Å². The van der Waals surface area contributed by atoms with Crippen molar-refractivity contribution in [3.63, 3.8) is 0 Å². The summed E-state index contributed by atoms with van der Waals surface area (Å²) in [6.45, 7) is 0.505. The van der Waals surface area contributed by atoms with Gasteiger partial charge in [0.1, 0.15) is 0 Å². The van der Waals surface area contributed by atoms with E-state index in [-0.39, 0.29) is 5.75 Å². The third-order valence-corrected chi connectivity index (χ3v) is 4.46. The fourth-order valence-electron chi connectivity index (χ4n) is 1.55. The minimum Gasteiger partial charge on any atom is -0.399 e. The maximum Gasteiger partial charge on any atom is 0.215 e. The lowest BCUT2D eigenvalue weighted by Gasteiger charge is -2.07. The minimum absolute atomic E-state index is 0.0133. The molecule has 1 aromatic carbocycles. The van der Waals surface area contributed by atoms with E-state index >= 15 is 0 Å². The molecule has 0 fully saturated rings. The first-order chi connectivity index (χ1) is 8.53. The lowest BCUT2D eigenvalue weighted by molar-refractivity contribution is 0.577. The second-order valence-corrected chi connectivity index (χ2v) is 6.89. The van der Waals surface area contributed by atoms with Crippen LogP contribution in [0.15, 0.2) is 24.3 Å². The highest BCUT2D eigenvalue weighted by atomic mass is 32.2. The minimum atomic E-state index is -3.25. The van der Waals surface area contributed by atoms with Gasteiger partial charge < -0.3 is 5.73 Å². The van der Waals surface area contributed by atoms with Gasteiger partial charge in [-0.1, -0.05) is 12.1 Å². The van der Waals surface area contributed by atoms with E-state index in [1.54, 1.807) is 36.0 Å². The molecule has 3 N–H and O–H groups in total. The number of anilines is 1. The Morgan fingerprint density at radius 2 is 2.11 bits per heavy atom. The standard InChI is InChI=1S/C12H20N2O2S2/c1-17-8-3-2-7-14-18(15,16)10-11-5-4-6-12(13)9-11/h4-6,9,14H,2-3,7-8,10,13H2,1H3. The van der Waals surface area contributed by atoms with Crippen molar-refractivity contribution in [1.82, 2.24) is 4.72 Å². The largest absolute Gasteiger partial charge is 0.399 e. The summed E-state index contributed by atoms with van der Waals surface area (Å²) >= 11 is 1.77. The fraction of sp³-hybridized carbons (Fsp3) is 0.500. The van der Waals surface area contributed by atoms with Crippen molar-refractivity contribution in [2.24, 2.45) is 0 Å². The second-order valence-electron chi connectivity index (χ2n) is 4.10. The van der Waals surface area contributed by atoms with Crippen molar-refractivity contribution in [2.45, 2.75) is 18.6 Å². The summed E-state index contributed by atoms with van der Waals surface area (Å²) < 4.78 is 26.2. The number of thioether (sulfide) groups is 1. The van der Waals surface area contributed by atoms with Gasteiger partial charge in [0.2, 0.25) is 10.0 Å². The molecular weight excluding hydrogens is 268 g/mol. The first-order valence-corrected chi connectivity index (χ1v) is 8.89. The zero-order valence-corrected chi connectivity index (χ0v) is 12.2. The van der Waals surface area contributed by atoms with Gasteiger partial charge in [-0.05, 0) is 42.5 Å². The summed E-state index contributed by atoms with van der Waals surface area (Å²) in [7, 11) is -3.25. The molecule has 0 bridgehead atoms. The lowest BCUT2D eigenvalue weighted by atomic mass is 10.2. The molecule has 0 aliphatic heterocycles. The molecule has 0 spiro atoms. The Bertz CT molecular complexity index is 461. The molecule has 102 valence electrons. The van der Waals surface area contributed by atoms with E-state index in [1.165, 1.54) is 0 Å². The van der Waals surface area contributed by atoms with Crippen molar-refractivity contribution in [1.29, 1.82) is 0 Å². The Morgan fingerprint density at radius 3 is 2.78 bits per heavy atom. The van der Waals surface area contributed by atoms with Crippen molar-refractivity contribution >= 4 is 27.5 Å². The quantitative estimate of drug-likeness (QED) is 0.565. The molecule has 0 aliphatic carbocycles. The third kappa shape index (κ3) is 6.28. The average molecular weight is 288 g/mol. The predicted octanol–water partition coefficient (Wildman–Crippen LogP) is 1.83. The molecule has 0 unspecified atom stereocenters. The van der Waals surface area contributed by atoms with Gasteiger partial charge in [0, 0.05) is 12.2 Å². The second kappa shape index (κ2) is 7.66. The van der Waals surface area contributed by atoms with Crippen LogP contribution in [0.25, 0.3) is 0 Å². The zero-order chi connectivity index (χ0) is 13.4. The van der Waals surface area contributed by atoms with Crippen LogP contribution in [0.3, 0.4) is 0 Å². The van der Waals surface area contributed by atoms with Crippen molar-refractivity contribution in [3.05, 3.63) is 29.8 Å². The monoisotopic (exact) mass is 288 g/mol. The van der Waals surface area contributed by atoms with E-state index in [4.69, 9.17) is 5.73 Å². The Balaban J connectivity index is 2.40. The van der Waals surface area contributed by atoms with Crippen LogP contribution in [0.2, 0.25) is 0 Å². The Morgan fingerprint density at radius 1 is 1.33 bits per heavy atom. The van der Waals surface area contributed by atoms with Crippen LogP contribution in [-0.2, 0) is 15.8 Å². The number of nitrogen functional groups attached to an aromatic ring is 1. The Labute approximate surface area is 113 Å². The van der Waals surface area contributed by atoms with E-state index in [9.17, 15) is 8.42 Å². The molecule has 0 amide bonds. The molecule has 0 heterocycles. The number of nitrogens with one attached hydrogen (secondary N) is 1. The van der Waals surface area contributed by atoms with Crippen LogP contribution in [0.4, 0.5) is 5.69 Å². The van der Waals surface area contributed by atoms with Gasteiger partial charge in [-0.25, -0.2) is 13.1 Å². The summed E-state index contributed by atoms with van der Waals surface area (Å²) in [5.41, 5.74) is 6.92. The van der Waals surface area contributed by atoms with Gasteiger partial charge in [0.05, 0.1) is 5.75 Å². The Hall–Kier alpha value is -0.720. The topological polar surface area (TPSA) is 72.2 Å². The van der Waals surface area contributed by atoms with Crippen molar-refractivity contribution < 1.29 is 8.42 Å². The lowest BCUT2D eigenvalue weighted by Crippen LogP contribution is -2.26. The number of nitrogens with two attached hydrogens (primary N) is 1. The summed E-state index contributed by atoms with van der Waals surface area (Å²) in [5, 5.41) is 0. The maximum atomic E-state index is 11.8. The van der Waals surface area contributed by atoms with E-state index in [0.29, 0.717) is 17.8 Å². The summed E-state index contributed by atoms with van der Waals surface area (Å²) in [4.78, 5) is 0. The first-order valence-electron chi connectivity index (χ1n) is 5.84. The highest BCUT2D eigenvalue weighted by molar-refractivity contribution is 7.98. The zero-order valence-electron chi connectivity index (χ0n) is 10.6. The molecule has 0 aliphatic rings. The van der Waals surface area contributed by atoms with Gasteiger partial charge in [-0.2, -0.15) is 11.8 Å². The van der Waals surface area contributed by atoms with Gasteiger partial charge in [-0.15, -0.1) is 0 Å². The molecular formula is C12H20N2O2S2. The molecule has 4 nitrogen and oxygen atoms in total. The molecule has 0 saturated carbocycles. The molecule has 1 rings (SSSR count). The van der Waals surface area contributed by atoms with Crippen LogP contribution >= 0.6 is 11.8 Å². The first kappa shape index (κ1) is 15.3. The molecule has 18 heavy (non-hydrogen) atoms. The van der Waals surface area contributed by atoms with E-state index in [2.05, 4.69) is 4.72 Å². The van der Waals surface area contributed by atoms with E-state index < -0.39 is 10.0 Å². The van der Waals surface area contributed by atoms with Crippen LogP contribution in [-0.4, -0.2) is 27.0 Å². The van der Waals surface area contributed by atoms with Crippen LogP contribution < -0.4 is 10.5 Å². The fourth-order valence-corrected chi connectivity index (χ4v) is 3.22. The highest BCUT2D eigenvalue weighted by Gasteiger charge is 2.10. The van der Waals surface area contributed by atoms with Crippen LogP contribution in [0.1, 0.15) is 18.4 Å². The number of hydrogen-bond donors (Lipinski definition) is 2. The Kier molecular flexibility index (Phi) is 6.52. The van der Waals surface area contributed by atoms with Gasteiger partial charge in [-0.3, -0.25) is 0 Å². The summed E-state index contributed by atoms with van der Waals surface area (Å²) in [6.07, 6.45) is 3.95. The molecule has 6 heteroatoms. The van der Waals surface area contributed by atoms with Crippen LogP contribution in [0, 0.1) is 0 Å². The molecule has 0 atom stereocenters. The molecule has 0 radical (unpaired) electrons. The van der Waals surface area contributed by atoms with E-state index in [1.807, 2.05) is 6.26 Å². The number of rotatable bonds is 8. The number of benzene rings is 1. The third-order valence-electron chi connectivity index (χ3n) is 2.40. The SMILES string of the molecule is CSCCCCNS(=O)(=O)Cc1cccc(N)c1. The van der Waals surface area contributed by atoms with Crippen molar-refractivity contribution in [3.8, 4) is 0 Å². The summed E-state index contributed by atoms with van der Waals surface area (Å²) in [5.74, 6) is 1.05. The van der Waals surface area contributed by atoms with E-state index in [0.717, 1.165) is 18.6 Å². The normalized spacial score (nSPS) is 11.6. The van der Waals surface area contributed by atoms with Gasteiger partial charge in [0.25, 0.3) is 0 Å². The highest BCUT2D eigenvalue weighted by Crippen LogP contribution is 2.09. The predicted molar refractivity (Wildman–Crippen MR) is 79.1 cm³/mol.